The lowest BCUT2D eigenvalue weighted by atomic mass is 10.1. The molecule has 2 nitrogen and oxygen atoms in total. The quantitative estimate of drug-likeness (QED) is 0.818. The summed E-state index contributed by atoms with van der Waals surface area (Å²) < 4.78 is 0. The first-order valence-corrected chi connectivity index (χ1v) is 5.09. The highest BCUT2D eigenvalue weighted by Gasteiger charge is 1.98. The van der Waals surface area contributed by atoms with Crippen molar-refractivity contribution < 1.29 is 9.90 Å². The maximum Gasteiger partial charge on any atom is 0.307 e. The van der Waals surface area contributed by atoms with Crippen molar-refractivity contribution in [3.05, 3.63) is 41.0 Å². The van der Waals surface area contributed by atoms with Gasteiger partial charge in [0.05, 0.1) is 6.42 Å². The van der Waals surface area contributed by atoms with Gasteiger partial charge in [-0.05, 0) is 24.5 Å². The summed E-state index contributed by atoms with van der Waals surface area (Å²) in [6, 6.07) is 8.17. The first kappa shape index (κ1) is 11.5. The van der Waals surface area contributed by atoms with Crippen LogP contribution >= 0.6 is 0 Å². The molecule has 0 radical (unpaired) electrons. The molecule has 1 rings (SSSR count). The van der Waals surface area contributed by atoms with Crippen LogP contribution in [-0.4, -0.2) is 11.1 Å². The summed E-state index contributed by atoms with van der Waals surface area (Å²) in [5.74, 6) is -0.783. The molecule has 0 aliphatic rings. The van der Waals surface area contributed by atoms with Crippen LogP contribution in [0, 0.1) is 0 Å². The van der Waals surface area contributed by atoms with Gasteiger partial charge in [-0.1, -0.05) is 42.8 Å². The second kappa shape index (κ2) is 5.35. The monoisotopic (exact) mass is 204 g/mol. The summed E-state index contributed by atoms with van der Waals surface area (Å²) in [6.45, 7) is 3.95. The van der Waals surface area contributed by atoms with E-state index < -0.39 is 5.97 Å². The number of hydrogen-bond acceptors (Lipinski definition) is 1. The SMILES string of the molecule is CCc1ccc(/C=C(\C)CC(=O)O)cc1. The molecule has 15 heavy (non-hydrogen) atoms. The van der Waals surface area contributed by atoms with E-state index in [1.807, 2.05) is 25.1 Å². The van der Waals surface area contributed by atoms with Crippen LogP contribution in [0.3, 0.4) is 0 Å². The van der Waals surface area contributed by atoms with Gasteiger partial charge in [0.2, 0.25) is 0 Å². The van der Waals surface area contributed by atoms with E-state index in [-0.39, 0.29) is 6.42 Å². The maximum atomic E-state index is 10.5. The van der Waals surface area contributed by atoms with Gasteiger partial charge in [0.1, 0.15) is 0 Å². The Morgan fingerprint density at radius 3 is 2.40 bits per heavy atom. The zero-order chi connectivity index (χ0) is 11.3. The fourth-order valence-corrected chi connectivity index (χ4v) is 1.42. The Morgan fingerprint density at radius 1 is 1.33 bits per heavy atom. The average Bonchev–Trinajstić information content (AvgIpc) is 2.17. The molecule has 1 N–H and O–H groups in total. The minimum absolute atomic E-state index is 0.107. The third kappa shape index (κ3) is 3.98. The molecule has 0 spiro atoms. The van der Waals surface area contributed by atoms with E-state index in [1.165, 1.54) is 5.56 Å². The Morgan fingerprint density at radius 2 is 1.93 bits per heavy atom. The summed E-state index contributed by atoms with van der Waals surface area (Å²) in [5.41, 5.74) is 3.22. The summed E-state index contributed by atoms with van der Waals surface area (Å²) in [4.78, 5) is 10.5. The third-order valence-electron chi connectivity index (χ3n) is 2.23. The molecule has 1 aromatic rings. The van der Waals surface area contributed by atoms with Crippen LogP contribution in [0.1, 0.15) is 31.4 Å². The first-order chi connectivity index (χ1) is 7.11. The molecule has 0 saturated carbocycles. The minimum Gasteiger partial charge on any atom is -0.481 e. The van der Waals surface area contributed by atoms with E-state index in [0.29, 0.717) is 0 Å². The zero-order valence-corrected chi connectivity index (χ0v) is 9.16. The van der Waals surface area contributed by atoms with Crippen LogP contribution in [0.5, 0.6) is 0 Å². The van der Waals surface area contributed by atoms with Gasteiger partial charge in [-0.2, -0.15) is 0 Å². The van der Waals surface area contributed by atoms with E-state index in [2.05, 4.69) is 19.1 Å². The van der Waals surface area contributed by atoms with E-state index in [9.17, 15) is 4.79 Å². The highest BCUT2D eigenvalue weighted by Crippen LogP contribution is 2.11. The second-order valence-electron chi connectivity index (χ2n) is 3.66. The molecule has 0 aliphatic heterocycles. The number of carbonyl (C=O) groups is 1. The molecule has 80 valence electrons. The number of hydrogen-bond donors (Lipinski definition) is 1. The third-order valence-corrected chi connectivity index (χ3v) is 2.23. The van der Waals surface area contributed by atoms with E-state index in [0.717, 1.165) is 17.6 Å². The highest BCUT2D eigenvalue weighted by atomic mass is 16.4. The van der Waals surface area contributed by atoms with Crippen LogP contribution in [0.4, 0.5) is 0 Å². The van der Waals surface area contributed by atoms with E-state index in [4.69, 9.17) is 5.11 Å². The topological polar surface area (TPSA) is 37.3 Å². The predicted octanol–water partition coefficient (Wildman–Crippen LogP) is 3.13. The first-order valence-electron chi connectivity index (χ1n) is 5.09. The van der Waals surface area contributed by atoms with Crippen LogP contribution < -0.4 is 0 Å². The van der Waals surface area contributed by atoms with Crippen molar-refractivity contribution in [1.29, 1.82) is 0 Å². The van der Waals surface area contributed by atoms with Crippen molar-refractivity contribution in [3.63, 3.8) is 0 Å². The Kier molecular flexibility index (Phi) is 4.10. The standard InChI is InChI=1S/C13H16O2/c1-3-11-4-6-12(7-5-11)8-10(2)9-13(14)15/h4-8H,3,9H2,1-2H3,(H,14,15)/b10-8+. The number of aliphatic carboxylic acids is 1. The molecule has 0 bridgehead atoms. The van der Waals surface area contributed by atoms with Crippen molar-refractivity contribution in [2.75, 3.05) is 0 Å². The lowest BCUT2D eigenvalue weighted by Crippen LogP contribution is -1.94. The predicted molar refractivity (Wildman–Crippen MR) is 61.7 cm³/mol. The average molecular weight is 204 g/mol. The largest absolute Gasteiger partial charge is 0.481 e. The van der Waals surface area contributed by atoms with Crippen LogP contribution in [0.15, 0.2) is 29.8 Å². The van der Waals surface area contributed by atoms with Gasteiger partial charge in [-0.15, -0.1) is 0 Å². The smallest absolute Gasteiger partial charge is 0.307 e. The van der Waals surface area contributed by atoms with Gasteiger partial charge in [-0.3, -0.25) is 4.79 Å². The van der Waals surface area contributed by atoms with Crippen molar-refractivity contribution >= 4 is 12.0 Å². The Balaban J connectivity index is 2.75. The van der Waals surface area contributed by atoms with Gasteiger partial charge in [0, 0.05) is 0 Å². The summed E-state index contributed by atoms with van der Waals surface area (Å²) in [6.07, 6.45) is 3.04. The normalized spacial score (nSPS) is 11.5. The molecule has 0 saturated heterocycles. The molecule has 2 heteroatoms. The lowest BCUT2D eigenvalue weighted by Gasteiger charge is -1.99. The number of benzene rings is 1. The molecule has 0 amide bonds. The van der Waals surface area contributed by atoms with Gasteiger partial charge >= 0.3 is 5.97 Å². The number of carboxylic acid groups (broad SMARTS) is 1. The van der Waals surface area contributed by atoms with E-state index in [1.54, 1.807) is 0 Å². The van der Waals surface area contributed by atoms with Crippen LogP contribution in [-0.2, 0) is 11.2 Å². The number of rotatable bonds is 4. The van der Waals surface area contributed by atoms with Gasteiger partial charge in [0.25, 0.3) is 0 Å². The fourth-order valence-electron chi connectivity index (χ4n) is 1.42. The number of carboxylic acids is 1. The molecule has 0 atom stereocenters. The highest BCUT2D eigenvalue weighted by molar-refractivity contribution is 5.72. The van der Waals surface area contributed by atoms with Crippen molar-refractivity contribution in [2.45, 2.75) is 26.7 Å². The second-order valence-corrected chi connectivity index (χ2v) is 3.66. The van der Waals surface area contributed by atoms with Gasteiger partial charge in [-0.25, -0.2) is 0 Å². The summed E-state index contributed by atoms with van der Waals surface area (Å²) >= 11 is 0. The van der Waals surface area contributed by atoms with Crippen molar-refractivity contribution in [1.82, 2.24) is 0 Å². The van der Waals surface area contributed by atoms with Crippen LogP contribution in [0.25, 0.3) is 6.08 Å². The lowest BCUT2D eigenvalue weighted by molar-refractivity contribution is -0.136. The molecule has 0 fully saturated rings. The van der Waals surface area contributed by atoms with Crippen molar-refractivity contribution in [3.8, 4) is 0 Å². The molecule has 0 heterocycles. The van der Waals surface area contributed by atoms with Crippen LogP contribution in [0.2, 0.25) is 0 Å². The molecule has 0 unspecified atom stereocenters. The van der Waals surface area contributed by atoms with Gasteiger partial charge in [0.15, 0.2) is 0 Å². The minimum atomic E-state index is -0.783. The summed E-state index contributed by atoms with van der Waals surface area (Å²) in [7, 11) is 0. The number of aryl methyl sites for hydroxylation is 1. The Hall–Kier alpha value is -1.57. The maximum absolute atomic E-state index is 10.5. The fraction of sp³-hybridized carbons (Fsp3) is 0.308. The molecule has 0 aliphatic carbocycles. The Labute approximate surface area is 90.3 Å². The van der Waals surface area contributed by atoms with Crippen molar-refractivity contribution in [2.24, 2.45) is 0 Å². The molecular weight excluding hydrogens is 188 g/mol. The molecule has 1 aromatic carbocycles. The van der Waals surface area contributed by atoms with E-state index >= 15 is 0 Å². The van der Waals surface area contributed by atoms with Gasteiger partial charge < -0.3 is 5.11 Å². The zero-order valence-electron chi connectivity index (χ0n) is 9.16. The molecule has 0 aromatic heterocycles. The Bertz CT molecular complexity index is 361. The molecular formula is C13H16O2. The summed E-state index contributed by atoms with van der Waals surface area (Å²) in [5, 5.41) is 8.60.